The number of aromatic hydroxyl groups is 1. The third-order valence-corrected chi connectivity index (χ3v) is 7.01. The summed E-state index contributed by atoms with van der Waals surface area (Å²) in [6.45, 7) is 0. The van der Waals surface area contributed by atoms with Crippen molar-refractivity contribution in [3.05, 3.63) is 33.1 Å². The lowest BCUT2D eigenvalue weighted by Crippen LogP contribution is -2.58. The summed E-state index contributed by atoms with van der Waals surface area (Å²) in [6.07, 6.45) is -0.190. The molecule has 3 aliphatic rings. The second-order valence-corrected chi connectivity index (χ2v) is 8.96. The molecule has 0 heterocycles. The molecule has 0 radical (unpaired) electrons. The highest BCUT2D eigenvalue weighted by atomic mass is 35.5. The zero-order chi connectivity index (χ0) is 23.9. The van der Waals surface area contributed by atoms with Crippen LogP contribution in [0, 0.1) is 11.8 Å². The molecular weight excluding hydrogens is 442 g/mol. The number of anilines is 2. The summed E-state index contributed by atoms with van der Waals surface area (Å²) in [5.74, 6) is -7.02. The van der Waals surface area contributed by atoms with E-state index in [9.17, 15) is 34.8 Å². The van der Waals surface area contributed by atoms with Gasteiger partial charge in [-0.3, -0.25) is 14.4 Å². The molecule has 0 unspecified atom stereocenters. The van der Waals surface area contributed by atoms with E-state index in [1.807, 2.05) is 0 Å². The highest BCUT2D eigenvalue weighted by Gasteiger charge is 2.60. The second-order valence-electron chi connectivity index (χ2n) is 8.58. The van der Waals surface area contributed by atoms with E-state index in [0.29, 0.717) is 11.3 Å². The van der Waals surface area contributed by atoms with Gasteiger partial charge in [-0.25, -0.2) is 0 Å². The van der Waals surface area contributed by atoms with Gasteiger partial charge in [-0.1, -0.05) is 11.6 Å². The van der Waals surface area contributed by atoms with Crippen LogP contribution in [0.1, 0.15) is 24.0 Å². The molecule has 1 aromatic carbocycles. The maximum Gasteiger partial charge on any atom is 0.255 e. The average Bonchev–Trinajstić information content (AvgIpc) is 2.68. The zero-order valence-electron chi connectivity index (χ0n) is 17.3. The molecule has 4 rings (SSSR count). The quantitative estimate of drug-likeness (QED) is 0.208. The van der Waals surface area contributed by atoms with Crippen molar-refractivity contribution in [1.29, 1.82) is 0 Å². The van der Waals surface area contributed by atoms with E-state index in [1.165, 1.54) is 0 Å². The summed E-state index contributed by atoms with van der Waals surface area (Å²) >= 11 is 6.34. The van der Waals surface area contributed by atoms with Gasteiger partial charge in [0, 0.05) is 32.0 Å². The van der Waals surface area contributed by atoms with Crippen LogP contribution in [0.3, 0.4) is 0 Å². The summed E-state index contributed by atoms with van der Waals surface area (Å²) < 4.78 is 0. The van der Waals surface area contributed by atoms with Crippen LogP contribution in [0.25, 0.3) is 5.76 Å². The van der Waals surface area contributed by atoms with Crippen molar-refractivity contribution in [2.24, 2.45) is 17.6 Å². The minimum atomic E-state index is -2.60. The third kappa shape index (κ3) is 2.59. The van der Waals surface area contributed by atoms with Gasteiger partial charge >= 0.3 is 0 Å². The van der Waals surface area contributed by atoms with Crippen LogP contribution in [-0.4, -0.2) is 57.6 Å². The van der Waals surface area contributed by atoms with E-state index in [1.54, 1.807) is 19.0 Å². The lowest BCUT2D eigenvalue weighted by atomic mass is 9.59. The SMILES string of the molecule is CN(C)c1c(Cl)c(N)c(O)c2c1C[C@H]1C[C@H]3CC(=O)C(C(N)=O)=C(O)[C@@]3(O)C(=O)C1=C2O. The Bertz CT molecular complexity index is 1190. The number of benzene rings is 1. The van der Waals surface area contributed by atoms with Gasteiger partial charge in [0.1, 0.15) is 17.1 Å². The van der Waals surface area contributed by atoms with Gasteiger partial charge in [0.2, 0.25) is 5.78 Å². The molecule has 32 heavy (non-hydrogen) atoms. The standard InChI is InChI=1S/C21H22ClN3O7/c1-25(2)15-8-4-6-3-7-5-9(26)12(20(24)31)19(30)21(7,32)18(29)10(6)16(27)11(8)17(28)14(23)13(15)22/h6-7,27-28,30,32H,3-5,23H2,1-2H3,(H2,24,31)/t6-,7+,21+/m1/s1. The van der Waals surface area contributed by atoms with Gasteiger partial charge in [-0.15, -0.1) is 0 Å². The second kappa shape index (κ2) is 6.88. The minimum Gasteiger partial charge on any atom is -0.508 e. The van der Waals surface area contributed by atoms with Gasteiger partial charge in [0.15, 0.2) is 17.1 Å². The van der Waals surface area contributed by atoms with Gasteiger partial charge < -0.3 is 36.8 Å². The smallest absolute Gasteiger partial charge is 0.255 e. The molecule has 8 N–H and O–H groups in total. The number of ketones is 2. The Labute approximate surface area is 187 Å². The molecule has 0 aliphatic heterocycles. The molecule has 170 valence electrons. The number of nitrogen functional groups attached to an aromatic ring is 1. The van der Waals surface area contributed by atoms with Gasteiger partial charge in [0.25, 0.3) is 5.91 Å². The number of halogens is 1. The van der Waals surface area contributed by atoms with E-state index < -0.39 is 57.8 Å². The lowest BCUT2D eigenvalue weighted by Gasteiger charge is -2.46. The molecule has 1 saturated carbocycles. The number of hydrogen-bond donors (Lipinski definition) is 6. The van der Waals surface area contributed by atoms with E-state index in [2.05, 4.69) is 0 Å². The van der Waals surface area contributed by atoms with E-state index >= 15 is 0 Å². The molecule has 0 saturated heterocycles. The number of aliphatic hydroxyl groups is 3. The van der Waals surface area contributed by atoms with Crippen molar-refractivity contribution in [2.75, 3.05) is 24.7 Å². The molecule has 1 fully saturated rings. The molecular formula is C21H22ClN3O7. The molecule has 11 heteroatoms. The molecule has 3 atom stereocenters. The van der Waals surface area contributed by atoms with Crippen LogP contribution in [0.4, 0.5) is 11.4 Å². The first-order valence-corrected chi connectivity index (χ1v) is 10.2. The van der Waals surface area contributed by atoms with Crippen molar-refractivity contribution < 1.29 is 34.8 Å². The predicted molar refractivity (Wildman–Crippen MR) is 115 cm³/mol. The molecule has 10 nitrogen and oxygen atoms in total. The van der Waals surface area contributed by atoms with Gasteiger partial charge in [0.05, 0.1) is 22.0 Å². The molecule has 0 bridgehead atoms. The van der Waals surface area contributed by atoms with Crippen molar-refractivity contribution >= 4 is 46.2 Å². The first-order chi connectivity index (χ1) is 14.8. The van der Waals surface area contributed by atoms with Crippen molar-refractivity contribution in [1.82, 2.24) is 0 Å². The van der Waals surface area contributed by atoms with E-state index in [-0.39, 0.29) is 41.1 Å². The first-order valence-electron chi connectivity index (χ1n) is 9.81. The molecule has 0 spiro atoms. The maximum atomic E-state index is 13.4. The number of amides is 1. The van der Waals surface area contributed by atoms with Gasteiger partial charge in [-0.05, 0) is 24.3 Å². The number of Topliss-reactive ketones (excluding diaryl/α,β-unsaturated/α-hetero) is 2. The highest BCUT2D eigenvalue weighted by molar-refractivity contribution is 6.36. The summed E-state index contributed by atoms with van der Waals surface area (Å²) in [5.41, 5.74) is 8.03. The van der Waals surface area contributed by atoms with Crippen LogP contribution in [0.15, 0.2) is 16.9 Å². The van der Waals surface area contributed by atoms with Crippen LogP contribution >= 0.6 is 11.6 Å². The maximum absolute atomic E-state index is 13.4. The molecule has 0 aromatic heterocycles. The number of carbonyl (C=O) groups excluding carboxylic acids is 3. The Morgan fingerprint density at radius 3 is 2.38 bits per heavy atom. The van der Waals surface area contributed by atoms with Crippen molar-refractivity contribution in [3.63, 3.8) is 0 Å². The number of phenolic OH excluding ortho intramolecular Hbond substituents is 1. The number of fused-ring (bicyclic) bond motifs is 3. The number of hydrogen-bond acceptors (Lipinski definition) is 9. The average molecular weight is 464 g/mol. The zero-order valence-corrected chi connectivity index (χ0v) is 18.0. The fourth-order valence-electron chi connectivity index (χ4n) is 5.19. The topological polar surface area (TPSA) is 187 Å². The number of nitrogens with zero attached hydrogens (tertiary/aromatic N) is 1. The monoisotopic (exact) mass is 463 g/mol. The Hall–Kier alpha value is -3.24. The first kappa shape index (κ1) is 22.0. The summed E-state index contributed by atoms with van der Waals surface area (Å²) in [4.78, 5) is 39.1. The van der Waals surface area contributed by atoms with Crippen LogP contribution in [-0.2, 0) is 20.8 Å². The Kier molecular flexibility index (Phi) is 4.72. The molecule has 1 amide bonds. The van der Waals surface area contributed by atoms with Crippen molar-refractivity contribution in [2.45, 2.75) is 24.9 Å². The number of primary amides is 1. The fourth-order valence-corrected chi connectivity index (χ4v) is 5.56. The number of aliphatic hydroxyl groups excluding tert-OH is 2. The lowest BCUT2D eigenvalue weighted by molar-refractivity contribution is -0.147. The summed E-state index contributed by atoms with van der Waals surface area (Å²) in [5, 5.41) is 43.5. The number of carbonyl (C=O) groups is 3. The Morgan fingerprint density at radius 1 is 1.19 bits per heavy atom. The number of phenols is 1. The summed E-state index contributed by atoms with van der Waals surface area (Å²) in [6, 6.07) is 0. The molecule has 1 aromatic rings. The fraction of sp³-hybridized carbons (Fsp3) is 0.381. The Morgan fingerprint density at radius 2 is 1.81 bits per heavy atom. The van der Waals surface area contributed by atoms with Gasteiger partial charge in [-0.2, -0.15) is 0 Å². The normalized spacial score (nSPS) is 27.1. The number of nitrogens with two attached hydrogens (primary N) is 2. The van der Waals surface area contributed by atoms with Crippen LogP contribution < -0.4 is 16.4 Å². The predicted octanol–water partition coefficient (Wildman–Crippen LogP) is 0.725. The van der Waals surface area contributed by atoms with E-state index in [0.717, 1.165) is 0 Å². The minimum absolute atomic E-state index is 0.0402. The largest absolute Gasteiger partial charge is 0.508 e. The molecule has 3 aliphatic carbocycles. The summed E-state index contributed by atoms with van der Waals surface area (Å²) in [7, 11) is 3.40. The van der Waals surface area contributed by atoms with Crippen LogP contribution in [0.2, 0.25) is 5.02 Å². The van der Waals surface area contributed by atoms with Crippen LogP contribution in [0.5, 0.6) is 5.75 Å². The van der Waals surface area contributed by atoms with Crippen molar-refractivity contribution in [3.8, 4) is 5.75 Å². The number of rotatable bonds is 2. The van der Waals surface area contributed by atoms with E-state index in [4.69, 9.17) is 23.1 Å². The highest BCUT2D eigenvalue weighted by Crippen LogP contribution is 2.55. The Balaban J connectivity index is 1.99. The third-order valence-electron chi connectivity index (χ3n) is 6.63.